The third kappa shape index (κ3) is 4.08. The number of aromatic nitrogens is 2. The summed E-state index contributed by atoms with van der Waals surface area (Å²) in [6.07, 6.45) is 0. The Hall–Kier alpha value is -1.80. The number of nitrogens with two attached hydrogens (primary N) is 1. The molecule has 0 bridgehead atoms. The fourth-order valence-electron chi connectivity index (χ4n) is 1.63. The number of benzene rings is 1. The maximum atomic E-state index is 12.3. The molecule has 0 spiro atoms. The molecule has 0 atom stereocenters. The van der Waals surface area contributed by atoms with E-state index in [1.54, 1.807) is 6.92 Å². The minimum atomic E-state index is -3.72. The van der Waals surface area contributed by atoms with Gasteiger partial charge in [0.25, 0.3) is 10.0 Å². The third-order valence-corrected chi connectivity index (χ3v) is 4.68. The van der Waals surface area contributed by atoms with E-state index in [0.717, 1.165) is 10.8 Å². The van der Waals surface area contributed by atoms with Crippen molar-refractivity contribution in [2.24, 2.45) is 0 Å². The van der Waals surface area contributed by atoms with E-state index in [1.807, 2.05) is 13.0 Å². The topological polar surface area (TPSA) is 98.0 Å². The van der Waals surface area contributed by atoms with Gasteiger partial charge < -0.3 is 5.73 Å². The first-order chi connectivity index (χ1) is 9.90. The fraction of sp³-hybridized carbons (Fsp3) is 0.231. The number of nitrogens with zero attached hydrogens (tertiary/aromatic N) is 2. The van der Waals surface area contributed by atoms with Crippen molar-refractivity contribution in [3.63, 3.8) is 0 Å². The van der Waals surface area contributed by atoms with Gasteiger partial charge in [0, 0.05) is 11.4 Å². The molecule has 0 unspecified atom stereocenters. The van der Waals surface area contributed by atoms with Gasteiger partial charge in [0.15, 0.2) is 0 Å². The Kier molecular flexibility index (Phi) is 4.69. The molecular formula is C13H16N4O2S2. The highest BCUT2D eigenvalue weighted by Gasteiger charge is 2.16. The third-order valence-electron chi connectivity index (χ3n) is 2.54. The average Bonchev–Trinajstić information content (AvgIpc) is 2.38. The molecule has 0 aliphatic carbocycles. The first-order valence-corrected chi connectivity index (χ1v) is 8.74. The summed E-state index contributed by atoms with van der Waals surface area (Å²) >= 11 is 1.52. The zero-order valence-corrected chi connectivity index (χ0v) is 13.3. The van der Waals surface area contributed by atoms with Crippen molar-refractivity contribution in [1.29, 1.82) is 0 Å². The summed E-state index contributed by atoms with van der Waals surface area (Å²) in [6, 6.07) is 7.76. The highest BCUT2D eigenvalue weighted by atomic mass is 32.2. The molecule has 0 aliphatic heterocycles. The van der Waals surface area contributed by atoms with E-state index < -0.39 is 10.0 Å². The van der Waals surface area contributed by atoms with Gasteiger partial charge >= 0.3 is 0 Å². The van der Waals surface area contributed by atoms with Crippen molar-refractivity contribution in [3.05, 3.63) is 36.0 Å². The average molecular weight is 324 g/mol. The van der Waals surface area contributed by atoms with Crippen LogP contribution in [0, 0.1) is 6.92 Å². The van der Waals surface area contributed by atoms with Crippen LogP contribution in [0.5, 0.6) is 0 Å². The first-order valence-electron chi connectivity index (χ1n) is 6.27. The van der Waals surface area contributed by atoms with Crippen molar-refractivity contribution >= 4 is 33.4 Å². The number of hydrogen-bond donors (Lipinski definition) is 2. The summed E-state index contributed by atoms with van der Waals surface area (Å²) < 4.78 is 26.9. The zero-order valence-electron chi connectivity index (χ0n) is 11.7. The second kappa shape index (κ2) is 6.31. The van der Waals surface area contributed by atoms with Crippen LogP contribution in [0.1, 0.15) is 12.6 Å². The van der Waals surface area contributed by atoms with Crippen LogP contribution in [0.2, 0.25) is 0 Å². The smallest absolute Gasteiger partial charge is 0.264 e. The quantitative estimate of drug-likeness (QED) is 0.497. The van der Waals surface area contributed by atoms with Crippen molar-refractivity contribution in [2.75, 3.05) is 16.2 Å². The van der Waals surface area contributed by atoms with Crippen LogP contribution in [0.15, 0.2) is 40.3 Å². The van der Waals surface area contributed by atoms with Gasteiger partial charge in [0.05, 0.1) is 4.90 Å². The van der Waals surface area contributed by atoms with Crippen LogP contribution in [0.3, 0.4) is 0 Å². The molecule has 112 valence electrons. The van der Waals surface area contributed by atoms with Crippen LogP contribution in [-0.2, 0) is 10.0 Å². The van der Waals surface area contributed by atoms with E-state index in [0.29, 0.717) is 11.4 Å². The van der Waals surface area contributed by atoms with E-state index in [1.165, 1.54) is 36.0 Å². The van der Waals surface area contributed by atoms with Crippen molar-refractivity contribution < 1.29 is 8.42 Å². The molecule has 0 aliphatic rings. The predicted octanol–water partition coefficient (Wildman–Crippen LogP) is 2.28. The van der Waals surface area contributed by atoms with E-state index in [4.69, 9.17) is 5.73 Å². The molecule has 3 N–H and O–H groups in total. The van der Waals surface area contributed by atoms with Crippen LogP contribution >= 0.6 is 11.8 Å². The molecule has 2 aromatic rings. The number of aryl methyl sites for hydroxylation is 1. The lowest BCUT2D eigenvalue weighted by atomic mass is 10.3. The summed E-state index contributed by atoms with van der Waals surface area (Å²) in [7, 11) is -3.72. The Morgan fingerprint density at radius 3 is 2.52 bits per heavy atom. The highest BCUT2D eigenvalue weighted by Crippen LogP contribution is 2.19. The van der Waals surface area contributed by atoms with Gasteiger partial charge in [-0.15, -0.1) is 11.8 Å². The molecule has 8 heteroatoms. The normalized spacial score (nSPS) is 11.3. The highest BCUT2D eigenvalue weighted by molar-refractivity contribution is 7.99. The van der Waals surface area contributed by atoms with E-state index in [2.05, 4.69) is 14.7 Å². The molecule has 1 heterocycles. The molecule has 0 radical (unpaired) electrons. The lowest BCUT2D eigenvalue weighted by molar-refractivity contribution is 0.600. The molecule has 0 amide bonds. The number of anilines is 2. The molecule has 0 saturated heterocycles. The lowest BCUT2D eigenvalue weighted by Crippen LogP contribution is -2.15. The summed E-state index contributed by atoms with van der Waals surface area (Å²) in [4.78, 5) is 8.41. The van der Waals surface area contributed by atoms with Crippen molar-refractivity contribution in [3.8, 4) is 0 Å². The number of nitrogen functional groups attached to an aromatic ring is 1. The molecule has 2 rings (SSSR count). The van der Waals surface area contributed by atoms with Gasteiger partial charge in [-0.25, -0.2) is 23.1 Å². The summed E-state index contributed by atoms with van der Waals surface area (Å²) in [5.74, 6) is 0.920. The Morgan fingerprint density at radius 1 is 1.24 bits per heavy atom. The Balaban J connectivity index is 2.30. The zero-order chi connectivity index (χ0) is 15.5. The SMILES string of the molecule is CCSc1cc(C)nc(NS(=O)(=O)c2ccc(N)cc2)n1. The van der Waals surface area contributed by atoms with Crippen LogP contribution < -0.4 is 10.5 Å². The van der Waals surface area contributed by atoms with E-state index >= 15 is 0 Å². The molecule has 6 nitrogen and oxygen atoms in total. The largest absolute Gasteiger partial charge is 0.399 e. The van der Waals surface area contributed by atoms with Gasteiger partial charge in [-0.3, -0.25) is 0 Å². The summed E-state index contributed by atoms with van der Waals surface area (Å²) in [5.41, 5.74) is 6.76. The Labute approximate surface area is 128 Å². The van der Waals surface area contributed by atoms with Crippen molar-refractivity contribution in [1.82, 2.24) is 9.97 Å². The fourth-order valence-corrected chi connectivity index (χ4v) is 3.28. The van der Waals surface area contributed by atoms with Gasteiger partial charge in [-0.05, 0) is 43.0 Å². The predicted molar refractivity (Wildman–Crippen MR) is 84.8 cm³/mol. The van der Waals surface area contributed by atoms with Crippen molar-refractivity contribution in [2.45, 2.75) is 23.8 Å². The number of rotatable bonds is 5. The van der Waals surface area contributed by atoms with Crippen LogP contribution in [0.4, 0.5) is 11.6 Å². The molecule has 1 aromatic heterocycles. The second-order valence-electron chi connectivity index (χ2n) is 4.28. The standard InChI is InChI=1S/C13H16N4O2S2/c1-3-20-12-8-9(2)15-13(16-12)17-21(18,19)11-6-4-10(14)5-7-11/h4-8H,3,14H2,1-2H3,(H,15,16,17). The van der Waals surface area contributed by atoms with Crippen LogP contribution in [-0.4, -0.2) is 24.1 Å². The number of hydrogen-bond acceptors (Lipinski definition) is 6. The lowest BCUT2D eigenvalue weighted by Gasteiger charge is -2.08. The number of thioether (sulfide) groups is 1. The minimum absolute atomic E-state index is 0.0720. The van der Waals surface area contributed by atoms with Gasteiger partial charge in [-0.2, -0.15) is 0 Å². The second-order valence-corrected chi connectivity index (χ2v) is 7.25. The Morgan fingerprint density at radius 2 is 1.90 bits per heavy atom. The minimum Gasteiger partial charge on any atom is -0.399 e. The van der Waals surface area contributed by atoms with E-state index in [-0.39, 0.29) is 10.8 Å². The monoisotopic (exact) mass is 324 g/mol. The maximum absolute atomic E-state index is 12.3. The molecule has 21 heavy (non-hydrogen) atoms. The number of nitrogens with one attached hydrogen (secondary N) is 1. The summed E-state index contributed by atoms with van der Waals surface area (Å²) in [5, 5.41) is 0.736. The van der Waals surface area contributed by atoms with Gasteiger partial charge in [-0.1, -0.05) is 6.92 Å². The first kappa shape index (κ1) is 15.6. The van der Waals surface area contributed by atoms with E-state index in [9.17, 15) is 8.42 Å². The molecule has 0 fully saturated rings. The molecular weight excluding hydrogens is 308 g/mol. The Bertz CT molecular complexity index is 730. The number of sulfonamides is 1. The van der Waals surface area contributed by atoms with Gasteiger partial charge in [0.1, 0.15) is 5.03 Å². The molecule has 1 aromatic carbocycles. The van der Waals surface area contributed by atoms with Crippen LogP contribution in [0.25, 0.3) is 0 Å². The molecule has 0 saturated carbocycles. The van der Waals surface area contributed by atoms with Gasteiger partial charge in [0.2, 0.25) is 5.95 Å². The summed E-state index contributed by atoms with van der Waals surface area (Å²) in [6.45, 7) is 3.79. The maximum Gasteiger partial charge on any atom is 0.264 e.